The molecule has 5 N–H and O–H groups in total. The third kappa shape index (κ3) is 2.97. The summed E-state index contributed by atoms with van der Waals surface area (Å²) in [5.41, 5.74) is 12.6. The Hall–Kier alpha value is -0.310. The molecule has 0 saturated heterocycles. The monoisotopic (exact) mass is 189 g/mol. The summed E-state index contributed by atoms with van der Waals surface area (Å²) in [5, 5.41) is 2.65. The molecule has 0 spiro atoms. The molecule has 0 aromatic heterocycles. The molecule has 0 aromatic carbocycles. The van der Waals surface area contributed by atoms with Gasteiger partial charge in [0, 0.05) is 5.70 Å². The van der Waals surface area contributed by atoms with Crippen molar-refractivity contribution >= 4 is 7.59 Å². The third-order valence-corrected chi connectivity index (χ3v) is 2.76. The maximum atomic E-state index is 11.0. The van der Waals surface area contributed by atoms with Crippen molar-refractivity contribution in [1.29, 1.82) is 0 Å². The quantitative estimate of drug-likeness (QED) is 0.574. The van der Waals surface area contributed by atoms with E-state index >= 15 is 0 Å². The van der Waals surface area contributed by atoms with E-state index in [1.807, 2.05) is 6.92 Å². The van der Waals surface area contributed by atoms with Crippen LogP contribution in [0.4, 0.5) is 0 Å². The van der Waals surface area contributed by atoms with Crippen molar-refractivity contribution in [2.75, 3.05) is 0 Å². The topological polar surface area (TPSA) is 81.1 Å². The fourth-order valence-electron chi connectivity index (χ4n) is 1.52. The minimum atomic E-state index is -3.08. The van der Waals surface area contributed by atoms with Crippen molar-refractivity contribution in [1.82, 2.24) is 5.09 Å². The zero-order chi connectivity index (χ0) is 9.19. The highest BCUT2D eigenvalue weighted by atomic mass is 31.2. The van der Waals surface area contributed by atoms with E-state index in [1.165, 1.54) is 18.4 Å². The molecule has 0 bridgehead atoms. The molecule has 1 saturated carbocycles. The van der Waals surface area contributed by atoms with Crippen molar-refractivity contribution in [3.63, 3.8) is 0 Å². The Balaban J connectivity index is 2.63. The second-order valence-corrected chi connectivity index (χ2v) is 4.90. The summed E-state index contributed by atoms with van der Waals surface area (Å²) in [4.78, 5) is 0. The zero-order valence-corrected chi connectivity index (χ0v) is 8.23. The Morgan fingerprint density at radius 2 is 1.92 bits per heavy atom. The van der Waals surface area contributed by atoms with Gasteiger partial charge in [-0.15, -0.1) is 0 Å². The van der Waals surface area contributed by atoms with Crippen LogP contribution in [0, 0.1) is 0 Å². The second-order valence-electron chi connectivity index (χ2n) is 3.26. The van der Waals surface area contributed by atoms with Gasteiger partial charge in [0.25, 0.3) is 7.59 Å². The summed E-state index contributed by atoms with van der Waals surface area (Å²) < 4.78 is 11.0. The van der Waals surface area contributed by atoms with Crippen LogP contribution < -0.4 is 16.1 Å². The van der Waals surface area contributed by atoms with Gasteiger partial charge in [0.1, 0.15) is 0 Å². The van der Waals surface area contributed by atoms with Gasteiger partial charge in [-0.1, -0.05) is 5.57 Å². The van der Waals surface area contributed by atoms with Gasteiger partial charge in [-0.2, -0.15) is 0 Å². The standard InChI is InChI=1S/C7H16N3OP/c1-6(10-12(8,9)11)7-4-2-3-5-7/h2-5H2,1H3,(H5,8,9,10,11). The van der Waals surface area contributed by atoms with E-state index in [1.54, 1.807) is 0 Å². The van der Waals surface area contributed by atoms with Crippen LogP contribution in [0.5, 0.6) is 0 Å². The van der Waals surface area contributed by atoms with Crippen LogP contribution in [0.2, 0.25) is 0 Å². The fraction of sp³-hybridized carbons (Fsp3) is 0.714. The van der Waals surface area contributed by atoms with Crippen LogP contribution in [0.15, 0.2) is 11.3 Å². The molecule has 0 amide bonds. The molecule has 0 aromatic rings. The van der Waals surface area contributed by atoms with Crippen LogP contribution >= 0.6 is 7.59 Å². The Morgan fingerprint density at radius 3 is 2.33 bits per heavy atom. The number of nitrogens with two attached hydrogens (primary N) is 2. The minimum absolute atomic E-state index is 0.904. The van der Waals surface area contributed by atoms with E-state index in [-0.39, 0.29) is 0 Å². The fourth-order valence-corrected chi connectivity index (χ4v) is 2.20. The average molecular weight is 189 g/mol. The van der Waals surface area contributed by atoms with Crippen molar-refractivity contribution in [3.05, 3.63) is 11.3 Å². The van der Waals surface area contributed by atoms with Crippen molar-refractivity contribution in [2.45, 2.75) is 32.6 Å². The summed E-state index contributed by atoms with van der Waals surface area (Å²) in [6.45, 7) is 1.88. The molecule has 12 heavy (non-hydrogen) atoms. The van der Waals surface area contributed by atoms with Gasteiger partial charge in [0.15, 0.2) is 0 Å². The predicted octanol–water partition coefficient (Wildman–Crippen LogP) is 1.45. The maximum Gasteiger partial charge on any atom is 0.297 e. The lowest BCUT2D eigenvalue weighted by Crippen LogP contribution is -2.21. The first-order valence-corrected chi connectivity index (χ1v) is 5.97. The highest BCUT2D eigenvalue weighted by Crippen LogP contribution is 2.29. The van der Waals surface area contributed by atoms with E-state index in [4.69, 9.17) is 11.0 Å². The van der Waals surface area contributed by atoms with Crippen LogP contribution in [-0.4, -0.2) is 0 Å². The van der Waals surface area contributed by atoms with Crippen LogP contribution in [0.1, 0.15) is 32.6 Å². The van der Waals surface area contributed by atoms with E-state index in [9.17, 15) is 4.57 Å². The first kappa shape index (κ1) is 9.78. The lowest BCUT2D eigenvalue weighted by Gasteiger charge is -2.12. The molecule has 4 nitrogen and oxygen atoms in total. The van der Waals surface area contributed by atoms with Crippen molar-refractivity contribution in [2.24, 2.45) is 11.0 Å². The SMILES string of the molecule is CC(NP(N)(N)=O)=C1CCCC1. The highest BCUT2D eigenvalue weighted by Gasteiger charge is 2.13. The smallest absolute Gasteiger partial charge is 0.297 e. The van der Waals surface area contributed by atoms with Gasteiger partial charge in [-0.3, -0.25) is 15.6 Å². The van der Waals surface area contributed by atoms with E-state index in [0.29, 0.717) is 0 Å². The number of hydrogen-bond acceptors (Lipinski definition) is 1. The average Bonchev–Trinajstić information content (AvgIpc) is 2.32. The molecule has 0 aliphatic heterocycles. The molecule has 1 fully saturated rings. The molecule has 70 valence electrons. The third-order valence-electron chi connectivity index (χ3n) is 2.08. The summed E-state index contributed by atoms with van der Waals surface area (Å²) in [7, 11) is -3.08. The lowest BCUT2D eigenvalue weighted by molar-refractivity contribution is 0.571. The van der Waals surface area contributed by atoms with Gasteiger partial charge in [-0.05, 0) is 32.6 Å². The molecule has 1 rings (SSSR count). The largest absolute Gasteiger partial charge is 0.317 e. The van der Waals surface area contributed by atoms with Crippen LogP contribution in [-0.2, 0) is 4.57 Å². The Morgan fingerprint density at radius 1 is 1.42 bits per heavy atom. The zero-order valence-electron chi connectivity index (χ0n) is 7.34. The Labute approximate surface area is 72.9 Å². The van der Waals surface area contributed by atoms with Crippen LogP contribution in [0.25, 0.3) is 0 Å². The molecule has 5 heteroatoms. The molecule has 0 unspecified atom stereocenters. The Kier molecular flexibility index (Phi) is 2.94. The van der Waals surface area contributed by atoms with E-state index in [2.05, 4.69) is 5.09 Å². The lowest BCUT2D eigenvalue weighted by atomic mass is 10.2. The number of hydrogen-bond donors (Lipinski definition) is 3. The molecule has 1 aliphatic carbocycles. The van der Waals surface area contributed by atoms with Crippen molar-refractivity contribution < 1.29 is 4.57 Å². The highest BCUT2D eigenvalue weighted by molar-refractivity contribution is 7.57. The van der Waals surface area contributed by atoms with Gasteiger partial charge in [-0.25, -0.2) is 0 Å². The minimum Gasteiger partial charge on any atom is -0.317 e. The molecular weight excluding hydrogens is 173 g/mol. The molecule has 0 atom stereocenters. The molecule has 0 heterocycles. The first-order valence-electron chi connectivity index (χ1n) is 4.13. The summed E-state index contributed by atoms with van der Waals surface area (Å²) in [5.74, 6) is 0. The van der Waals surface area contributed by atoms with Crippen molar-refractivity contribution in [3.8, 4) is 0 Å². The Bertz CT molecular complexity index is 235. The summed E-state index contributed by atoms with van der Waals surface area (Å²) in [6.07, 6.45) is 4.60. The number of rotatable bonds is 2. The van der Waals surface area contributed by atoms with Gasteiger partial charge in [0.2, 0.25) is 0 Å². The predicted molar refractivity (Wildman–Crippen MR) is 50.3 cm³/mol. The van der Waals surface area contributed by atoms with E-state index in [0.717, 1.165) is 18.5 Å². The number of nitrogens with one attached hydrogen (secondary N) is 1. The normalized spacial score (nSPS) is 18.1. The van der Waals surface area contributed by atoms with Gasteiger partial charge >= 0.3 is 0 Å². The first-order chi connectivity index (χ1) is 5.49. The molecule has 1 aliphatic rings. The summed E-state index contributed by atoms with van der Waals surface area (Å²) in [6, 6.07) is 0. The maximum absolute atomic E-state index is 11.0. The molecule has 0 radical (unpaired) electrons. The van der Waals surface area contributed by atoms with Crippen LogP contribution in [0.3, 0.4) is 0 Å². The van der Waals surface area contributed by atoms with Gasteiger partial charge in [0.05, 0.1) is 0 Å². The summed E-state index contributed by atoms with van der Waals surface area (Å²) >= 11 is 0. The van der Waals surface area contributed by atoms with Gasteiger partial charge < -0.3 is 5.09 Å². The number of allylic oxidation sites excluding steroid dienone is 2. The molecular formula is C7H16N3OP. The second kappa shape index (κ2) is 3.60. The van der Waals surface area contributed by atoms with E-state index < -0.39 is 7.59 Å².